The SMILES string of the molecule is CC[C@H](C)NC(=O)CSc1ncc(-c2cccc(Br)c2)o1. The lowest BCUT2D eigenvalue weighted by molar-refractivity contribution is -0.119. The number of aromatic nitrogens is 1. The number of thioether (sulfide) groups is 1. The van der Waals surface area contributed by atoms with Crippen molar-refractivity contribution in [1.82, 2.24) is 10.3 Å². The van der Waals surface area contributed by atoms with Gasteiger partial charge in [-0.25, -0.2) is 4.98 Å². The first-order chi connectivity index (χ1) is 10.1. The molecule has 0 saturated carbocycles. The van der Waals surface area contributed by atoms with Crippen LogP contribution < -0.4 is 5.32 Å². The quantitative estimate of drug-likeness (QED) is 0.779. The van der Waals surface area contributed by atoms with Crippen LogP contribution in [0.4, 0.5) is 0 Å². The normalized spacial score (nSPS) is 12.1. The molecular weight excluding hydrogens is 352 g/mol. The third kappa shape index (κ3) is 4.89. The summed E-state index contributed by atoms with van der Waals surface area (Å²) in [5.74, 6) is 1.00. The summed E-state index contributed by atoms with van der Waals surface area (Å²) in [6.07, 6.45) is 2.60. The fourth-order valence-electron chi connectivity index (χ4n) is 1.65. The molecule has 0 fully saturated rings. The number of carbonyl (C=O) groups excluding carboxylic acids is 1. The van der Waals surface area contributed by atoms with Crippen molar-refractivity contribution in [3.8, 4) is 11.3 Å². The molecule has 0 aliphatic carbocycles. The van der Waals surface area contributed by atoms with Crippen LogP contribution in [0.3, 0.4) is 0 Å². The molecule has 6 heteroatoms. The molecule has 2 rings (SSSR count). The molecule has 112 valence electrons. The molecule has 0 saturated heterocycles. The second-order valence-electron chi connectivity index (χ2n) is 4.67. The Balaban J connectivity index is 1.93. The highest BCUT2D eigenvalue weighted by Crippen LogP contribution is 2.27. The molecular formula is C15H17BrN2O2S. The first-order valence-corrected chi connectivity index (χ1v) is 8.50. The highest BCUT2D eigenvalue weighted by Gasteiger charge is 2.11. The predicted octanol–water partition coefficient (Wildman–Crippen LogP) is 4.11. The Labute approximate surface area is 136 Å². The molecule has 0 spiro atoms. The van der Waals surface area contributed by atoms with Crippen LogP contribution in [-0.4, -0.2) is 22.7 Å². The zero-order valence-electron chi connectivity index (χ0n) is 11.9. The van der Waals surface area contributed by atoms with E-state index in [1.807, 2.05) is 38.1 Å². The van der Waals surface area contributed by atoms with Crippen molar-refractivity contribution in [1.29, 1.82) is 0 Å². The summed E-state index contributed by atoms with van der Waals surface area (Å²) in [5.41, 5.74) is 0.952. The van der Waals surface area contributed by atoms with Crippen molar-refractivity contribution in [2.45, 2.75) is 31.5 Å². The number of hydrogen-bond acceptors (Lipinski definition) is 4. The molecule has 0 bridgehead atoms. The molecule has 0 radical (unpaired) electrons. The second-order valence-corrected chi connectivity index (χ2v) is 6.51. The summed E-state index contributed by atoms with van der Waals surface area (Å²) in [4.78, 5) is 15.9. The molecule has 0 aliphatic rings. The first kappa shape index (κ1) is 16.1. The van der Waals surface area contributed by atoms with E-state index in [1.165, 1.54) is 11.8 Å². The Kier molecular flexibility index (Phi) is 5.87. The number of carbonyl (C=O) groups is 1. The van der Waals surface area contributed by atoms with Gasteiger partial charge in [0, 0.05) is 16.1 Å². The van der Waals surface area contributed by atoms with Crippen molar-refractivity contribution in [2.24, 2.45) is 0 Å². The minimum absolute atomic E-state index is 0.00319. The van der Waals surface area contributed by atoms with E-state index >= 15 is 0 Å². The van der Waals surface area contributed by atoms with Crippen LogP contribution in [0.1, 0.15) is 20.3 Å². The van der Waals surface area contributed by atoms with E-state index in [0.717, 1.165) is 16.5 Å². The molecule has 1 heterocycles. The Hall–Kier alpha value is -1.27. The van der Waals surface area contributed by atoms with Gasteiger partial charge in [0.15, 0.2) is 5.76 Å². The van der Waals surface area contributed by atoms with Crippen LogP contribution >= 0.6 is 27.7 Å². The number of nitrogens with zero attached hydrogens (tertiary/aromatic N) is 1. The maximum Gasteiger partial charge on any atom is 0.256 e. The summed E-state index contributed by atoms with van der Waals surface area (Å²) in [6, 6.07) is 8.00. The largest absolute Gasteiger partial charge is 0.431 e. The zero-order chi connectivity index (χ0) is 15.2. The number of rotatable bonds is 6. The predicted molar refractivity (Wildman–Crippen MR) is 88.3 cm³/mol. The van der Waals surface area contributed by atoms with Crippen LogP contribution in [0, 0.1) is 0 Å². The molecule has 1 aromatic carbocycles. The number of hydrogen-bond donors (Lipinski definition) is 1. The second kappa shape index (κ2) is 7.66. The third-order valence-corrected chi connectivity index (χ3v) is 4.28. The summed E-state index contributed by atoms with van der Waals surface area (Å²) in [5, 5.41) is 3.41. The van der Waals surface area contributed by atoms with Gasteiger partial charge in [0.05, 0.1) is 11.9 Å². The van der Waals surface area contributed by atoms with Crippen molar-refractivity contribution < 1.29 is 9.21 Å². The molecule has 0 unspecified atom stereocenters. The van der Waals surface area contributed by atoms with Gasteiger partial charge >= 0.3 is 0 Å². The fourth-order valence-corrected chi connectivity index (χ4v) is 2.66. The number of amides is 1. The van der Waals surface area contributed by atoms with E-state index < -0.39 is 0 Å². The fraction of sp³-hybridized carbons (Fsp3) is 0.333. The van der Waals surface area contributed by atoms with E-state index in [1.54, 1.807) is 6.20 Å². The van der Waals surface area contributed by atoms with Crippen molar-refractivity contribution in [3.63, 3.8) is 0 Å². The number of nitrogens with one attached hydrogen (secondary N) is 1. The Morgan fingerprint density at radius 3 is 3.05 bits per heavy atom. The standard InChI is InChI=1S/C15H17BrN2O2S/c1-3-10(2)18-14(19)9-21-15-17-8-13(20-15)11-5-4-6-12(16)7-11/h4-8,10H,3,9H2,1-2H3,(H,18,19)/t10-/m0/s1. The molecule has 0 aliphatic heterocycles. The summed E-state index contributed by atoms with van der Waals surface area (Å²) >= 11 is 4.72. The van der Waals surface area contributed by atoms with Crippen LogP contribution in [-0.2, 0) is 4.79 Å². The van der Waals surface area contributed by atoms with Gasteiger partial charge in [-0.15, -0.1) is 0 Å². The van der Waals surface area contributed by atoms with Gasteiger partial charge < -0.3 is 9.73 Å². The number of benzene rings is 1. The van der Waals surface area contributed by atoms with Crippen molar-refractivity contribution >= 4 is 33.6 Å². The molecule has 2 aromatic rings. The summed E-state index contributed by atoms with van der Waals surface area (Å²) < 4.78 is 6.64. The van der Waals surface area contributed by atoms with E-state index in [9.17, 15) is 4.79 Å². The molecule has 21 heavy (non-hydrogen) atoms. The number of halogens is 1. The van der Waals surface area contributed by atoms with Crippen LogP contribution in [0.5, 0.6) is 0 Å². The molecule has 4 nitrogen and oxygen atoms in total. The van der Waals surface area contributed by atoms with Crippen molar-refractivity contribution in [2.75, 3.05) is 5.75 Å². The van der Waals surface area contributed by atoms with Crippen molar-refractivity contribution in [3.05, 3.63) is 34.9 Å². The van der Waals surface area contributed by atoms with Crippen LogP contribution in [0.25, 0.3) is 11.3 Å². The van der Waals surface area contributed by atoms with Crippen LogP contribution in [0.15, 0.2) is 44.6 Å². The highest BCUT2D eigenvalue weighted by atomic mass is 79.9. The van der Waals surface area contributed by atoms with Gasteiger partial charge in [-0.2, -0.15) is 0 Å². The third-order valence-electron chi connectivity index (χ3n) is 2.94. The lowest BCUT2D eigenvalue weighted by atomic mass is 10.2. The molecule has 1 aromatic heterocycles. The van der Waals surface area contributed by atoms with E-state index in [2.05, 4.69) is 26.2 Å². The maximum atomic E-state index is 11.7. The van der Waals surface area contributed by atoms with E-state index in [4.69, 9.17) is 4.42 Å². The monoisotopic (exact) mass is 368 g/mol. The Bertz CT molecular complexity index is 615. The Morgan fingerprint density at radius 1 is 1.52 bits per heavy atom. The maximum absolute atomic E-state index is 11.7. The average Bonchev–Trinajstić information content (AvgIpc) is 2.94. The average molecular weight is 369 g/mol. The van der Waals surface area contributed by atoms with Crippen LogP contribution in [0.2, 0.25) is 0 Å². The van der Waals surface area contributed by atoms with Gasteiger partial charge in [0.2, 0.25) is 5.91 Å². The summed E-state index contributed by atoms with van der Waals surface area (Å²) in [7, 11) is 0. The smallest absolute Gasteiger partial charge is 0.256 e. The van der Waals surface area contributed by atoms with E-state index in [-0.39, 0.29) is 11.9 Å². The van der Waals surface area contributed by atoms with Gasteiger partial charge in [0.1, 0.15) is 0 Å². The minimum Gasteiger partial charge on any atom is -0.431 e. The van der Waals surface area contributed by atoms with E-state index in [0.29, 0.717) is 16.7 Å². The summed E-state index contributed by atoms with van der Waals surface area (Å²) in [6.45, 7) is 4.02. The van der Waals surface area contributed by atoms with Gasteiger partial charge in [-0.1, -0.05) is 46.7 Å². The number of oxazole rings is 1. The lowest BCUT2D eigenvalue weighted by Gasteiger charge is -2.09. The topological polar surface area (TPSA) is 55.1 Å². The first-order valence-electron chi connectivity index (χ1n) is 6.72. The molecule has 1 amide bonds. The molecule has 1 N–H and O–H groups in total. The zero-order valence-corrected chi connectivity index (χ0v) is 14.3. The minimum atomic E-state index is -0.00319. The van der Waals surface area contributed by atoms with Gasteiger partial charge in [-0.3, -0.25) is 4.79 Å². The highest BCUT2D eigenvalue weighted by molar-refractivity contribution is 9.10. The molecule has 1 atom stereocenters. The lowest BCUT2D eigenvalue weighted by Crippen LogP contribution is -2.33. The van der Waals surface area contributed by atoms with Gasteiger partial charge in [-0.05, 0) is 25.5 Å². The Morgan fingerprint density at radius 2 is 2.33 bits per heavy atom. The van der Waals surface area contributed by atoms with Gasteiger partial charge in [0.25, 0.3) is 5.22 Å².